The fraction of sp³-hybridized carbons (Fsp3) is 0.625. The molecule has 66 valence electrons. The number of aryl methyl sites for hydroxylation is 1. The van der Waals surface area contributed by atoms with Gasteiger partial charge in [-0.1, -0.05) is 0 Å². The second kappa shape index (κ2) is 3.18. The molecule has 1 aliphatic heterocycles. The van der Waals surface area contributed by atoms with Gasteiger partial charge in [0, 0.05) is 19.0 Å². The normalized spacial score (nSPS) is 22.3. The number of imidazole rings is 1. The van der Waals surface area contributed by atoms with E-state index in [0.717, 1.165) is 17.7 Å². The average molecular weight is 230 g/mol. The molecule has 12 heavy (non-hydrogen) atoms. The fourth-order valence-corrected chi connectivity index (χ4v) is 2.47. The molecule has 0 saturated carbocycles. The lowest BCUT2D eigenvalue weighted by Gasteiger charge is -2.22. The van der Waals surface area contributed by atoms with Crippen molar-refractivity contribution in [1.29, 1.82) is 0 Å². The number of hydrogen-bond donors (Lipinski definition) is 1. The number of nitrogens with two attached hydrogens (primary N) is 1. The average Bonchev–Trinajstić information content (AvgIpc) is 2.48. The van der Waals surface area contributed by atoms with Crippen molar-refractivity contribution in [3.8, 4) is 0 Å². The van der Waals surface area contributed by atoms with Gasteiger partial charge >= 0.3 is 0 Å². The molecule has 0 aromatic carbocycles. The number of halogens is 1. The van der Waals surface area contributed by atoms with Gasteiger partial charge in [-0.3, -0.25) is 0 Å². The Morgan fingerprint density at radius 1 is 1.75 bits per heavy atom. The van der Waals surface area contributed by atoms with E-state index in [1.54, 1.807) is 0 Å². The highest BCUT2D eigenvalue weighted by Crippen LogP contribution is 2.30. The summed E-state index contributed by atoms with van der Waals surface area (Å²) in [6, 6.07) is 0. The number of hydrogen-bond acceptors (Lipinski definition) is 2. The van der Waals surface area contributed by atoms with Crippen molar-refractivity contribution in [3.63, 3.8) is 0 Å². The maximum absolute atomic E-state index is 5.68. The highest BCUT2D eigenvalue weighted by atomic mass is 79.9. The van der Waals surface area contributed by atoms with Crippen molar-refractivity contribution < 1.29 is 0 Å². The largest absolute Gasteiger partial charge is 0.333 e. The zero-order valence-corrected chi connectivity index (χ0v) is 8.42. The zero-order valence-electron chi connectivity index (χ0n) is 6.83. The quantitative estimate of drug-likeness (QED) is 0.794. The van der Waals surface area contributed by atoms with Gasteiger partial charge in [0.1, 0.15) is 4.60 Å². The third-order valence-corrected chi connectivity index (χ3v) is 3.07. The standard InChI is InChI=1S/C8H12BrN3/c9-8-7-6(4-10)2-1-3-12(7)5-11-8/h5-6H,1-4,10H2. The minimum Gasteiger partial charge on any atom is -0.333 e. The van der Waals surface area contributed by atoms with Crippen LogP contribution in [0.25, 0.3) is 0 Å². The molecule has 1 aromatic rings. The lowest BCUT2D eigenvalue weighted by molar-refractivity contribution is 0.457. The smallest absolute Gasteiger partial charge is 0.127 e. The highest BCUT2D eigenvalue weighted by Gasteiger charge is 2.22. The van der Waals surface area contributed by atoms with Crippen molar-refractivity contribution in [3.05, 3.63) is 16.6 Å². The Balaban J connectivity index is 2.41. The second-order valence-corrected chi connectivity index (χ2v) is 3.94. The Labute approximate surface area is 80.1 Å². The van der Waals surface area contributed by atoms with Crippen molar-refractivity contribution in [1.82, 2.24) is 9.55 Å². The monoisotopic (exact) mass is 229 g/mol. The number of fused-ring (bicyclic) bond motifs is 1. The Bertz CT molecular complexity index is 282. The lowest BCUT2D eigenvalue weighted by Crippen LogP contribution is -2.21. The van der Waals surface area contributed by atoms with Crippen molar-refractivity contribution in [2.75, 3.05) is 6.54 Å². The van der Waals surface area contributed by atoms with E-state index >= 15 is 0 Å². The molecule has 1 atom stereocenters. The summed E-state index contributed by atoms with van der Waals surface area (Å²) in [5, 5.41) is 0. The molecule has 0 radical (unpaired) electrons. The van der Waals surface area contributed by atoms with Gasteiger partial charge in [-0.05, 0) is 28.8 Å². The SMILES string of the molecule is NCC1CCCn2cnc(Br)c21. The van der Waals surface area contributed by atoms with Gasteiger partial charge in [0.05, 0.1) is 12.0 Å². The van der Waals surface area contributed by atoms with Crippen molar-refractivity contribution in [2.45, 2.75) is 25.3 Å². The van der Waals surface area contributed by atoms with Crippen LogP contribution in [0.3, 0.4) is 0 Å². The topological polar surface area (TPSA) is 43.8 Å². The van der Waals surface area contributed by atoms with Gasteiger partial charge < -0.3 is 10.3 Å². The van der Waals surface area contributed by atoms with E-state index in [0.29, 0.717) is 5.92 Å². The van der Waals surface area contributed by atoms with Crippen molar-refractivity contribution in [2.24, 2.45) is 5.73 Å². The zero-order chi connectivity index (χ0) is 8.55. The summed E-state index contributed by atoms with van der Waals surface area (Å²) in [7, 11) is 0. The third-order valence-electron chi connectivity index (χ3n) is 2.45. The van der Waals surface area contributed by atoms with E-state index in [1.165, 1.54) is 18.5 Å². The van der Waals surface area contributed by atoms with Crippen LogP contribution >= 0.6 is 15.9 Å². The molecule has 1 aromatic heterocycles. The molecule has 0 saturated heterocycles. The van der Waals surface area contributed by atoms with Crippen LogP contribution in [0.2, 0.25) is 0 Å². The fourth-order valence-electron chi connectivity index (χ4n) is 1.82. The summed E-state index contributed by atoms with van der Waals surface area (Å²) in [4.78, 5) is 4.22. The van der Waals surface area contributed by atoms with Gasteiger partial charge in [-0.2, -0.15) is 0 Å². The molecule has 0 amide bonds. The van der Waals surface area contributed by atoms with Crippen LogP contribution in [0.5, 0.6) is 0 Å². The minimum absolute atomic E-state index is 0.496. The molecule has 2 heterocycles. The van der Waals surface area contributed by atoms with E-state index in [-0.39, 0.29) is 0 Å². The molecule has 1 unspecified atom stereocenters. The van der Waals surface area contributed by atoms with Crippen LogP contribution in [-0.4, -0.2) is 16.1 Å². The van der Waals surface area contributed by atoms with Crippen LogP contribution < -0.4 is 5.73 Å². The first-order valence-corrected chi connectivity index (χ1v) is 5.03. The van der Waals surface area contributed by atoms with Gasteiger partial charge in [0.2, 0.25) is 0 Å². The predicted molar refractivity (Wildman–Crippen MR) is 51.0 cm³/mol. The van der Waals surface area contributed by atoms with E-state index in [9.17, 15) is 0 Å². The molecule has 0 spiro atoms. The van der Waals surface area contributed by atoms with E-state index < -0.39 is 0 Å². The van der Waals surface area contributed by atoms with Crippen LogP contribution in [0, 0.1) is 0 Å². The summed E-state index contributed by atoms with van der Waals surface area (Å²) in [6.07, 6.45) is 4.31. The number of rotatable bonds is 1. The summed E-state index contributed by atoms with van der Waals surface area (Å²) in [5.41, 5.74) is 6.97. The molecule has 4 heteroatoms. The first-order chi connectivity index (χ1) is 5.83. The van der Waals surface area contributed by atoms with Crippen molar-refractivity contribution >= 4 is 15.9 Å². The maximum atomic E-state index is 5.68. The molecular formula is C8H12BrN3. The number of aromatic nitrogens is 2. The summed E-state index contributed by atoms with van der Waals surface area (Å²) < 4.78 is 3.17. The van der Waals surface area contributed by atoms with E-state index in [4.69, 9.17) is 5.73 Å². The van der Waals surface area contributed by atoms with Gasteiger partial charge in [0.15, 0.2) is 0 Å². The summed E-state index contributed by atoms with van der Waals surface area (Å²) in [6.45, 7) is 1.81. The van der Waals surface area contributed by atoms with Gasteiger partial charge in [-0.25, -0.2) is 4.98 Å². The molecule has 1 aliphatic rings. The maximum Gasteiger partial charge on any atom is 0.127 e. The van der Waals surface area contributed by atoms with Crippen LogP contribution in [0.15, 0.2) is 10.9 Å². The number of nitrogens with zero attached hydrogens (tertiary/aromatic N) is 2. The summed E-state index contributed by atoms with van der Waals surface area (Å²) in [5.74, 6) is 0.496. The first-order valence-electron chi connectivity index (χ1n) is 4.23. The van der Waals surface area contributed by atoms with Gasteiger partial charge in [0.25, 0.3) is 0 Å². The molecule has 2 N–H and O–H groups in total. The molecular weight excluding hydrogens is 218 g/mol. The molecule has 0 aliphatic carbocycles. The predicted octanol–water partition coefficient (Wildman–Crippen LogP) is 1.48. The van der Waals surface area contributed by atoms with Crippen LogP contribution in [0.1, 0.15) is 24.5 Å². The minimum atomic E-state index is 0.496. The third kappa shape index (κ3) is 1.19. The molecule has 0 bridgehead atoms. The second-order valence-electron chi connectivity index (χ2n) is 3.19. The molecule has 2 rings (SSSR count). The molecule has 0 fully saturated rings. The Morgan fingerprint density at radius 2 is 2.58 bits per heavy atom. The first kappa shape index (κ1) is 8.26. The van der Waals surface area contributed by atoms with Crippen LogP contribution in [-0.2, 0) is 6.54 Å². The molecule has 3 nitrogen and oxygen atoms in total. The van der Waals surface area contributed by atoms with Gasteiger partial charge in [-0.15, -0.1) is 0 Å². The van der Waals surface area contributed by atoms with E-state index in [1.807, 2.05) is 6.33 Å². The Hall–Kier alpha value is -0.350. The van der Waals surface area contributed by atoms with E-state index in [2.05, 4.69) is 25.5 Å². The highest BCUT2D eigenvalue weighted by molar-refractivity contribution is 9.10. The lowest BCUT2D eigenvalue weighted by atomic mass is 9.97. The Kier molecular flexibility index (Phi) is 2.19. The van der Waals surface area contributed by atoms with Crippen LogP contribution in [0.4, 0.5) is 0 Å². The summed E-state index contributed by atoms with van der Waals surface area (Å²) >= 11 is 3.45. The Morgan fingerprint density at radius 3 is 3.33 bits per heavy atom.